The van der Waals surface area contributed by atoms with E-state index in [0.29, 0.717) is 19.5 Å². The lowest BCUT2D eigenvalue weighted by atomic mass is 10.1. The highest BCUT2D eigenvalue weighted by Crippen LogP contribution is 2.03. The number of carbonyl (C=O) groups is 2. The number of carboxylic acids is 1. The molecule has 0 aliphatic rings. The van der Waals surface area contributed by atoms with Gasteiger partial charge in [-0.05, 0) is 24.1 Å². The molecule has 100 valence electrons. The Balaban J connectivity index is 2.26. The summed E-state index contributed by atoms with van der Waals surface area (Å²) in [5.74, 6) is 1.66. The van der Waals surface area contributed by atoms with Crippen LogP contribution in [0.1, 0.15) is 24.0 Å². The second kappa shape index (κ2) is 7.77. The van der Waals surface area contributed by atoms with Crippen LogP contribution >= 0.6 is 0 Å². The molecule has 0 aliphatic carbocycles. The molecule has 1 aromatic rings. The first-order chi connectivity index (χ1) is 9.11. The summed E-state index contributed by atoms with van der Waals surface area (Å²) in [6.07, 6.45) is 5.74. The van der Waals surface area contributed by atoms with Gasteiger partial charge in [-0.1, -0.05) is 18.1 Å². The first-order valence-electron chi connectivity index (χ1n) is 5.91. The summed E-state index contributed by atoms with van der Waals surface area (Å²) < 4.78 is 0. The van der Waals surface area contributed by atoms with E-state index in [9.17, 15) is 9.59 Å². The highest BCUT2D eigenvalue weighted by Gasteiger charge is 2.01. The van der Waals surface area contributed by atoms with Crippen LogP contribution in [0.25, 0.3) is 0 Å². The summed E-state index contributed by atoms with van der Waals surface area (Å²) in [5.41, 5.74) is 1.68. The molecule has 0 aromatic heterocycles. The average molecular weight is 260 g/mol. The van der Waals surface area contributed by atoms with Crippen molar-refractivity contribution in [3.05, 3.63) is 35.4 Å². The number of nitrogens with one attached hydrogen (secondary N) is 2. The van der Waals surface area contributed by atoms with Crippen LogP contribution in [0, 0.1) is 12.3 Å². The lowest BCUT2D eigenvalue weighted by molar-refractivity contribution is -0.137. The van der Waals surface area contributed by atoms with E-state index < -0.39 is 5.97 Å². The Kier molecular flexibility index (Phi) is 5.96. The van der Waals surface area contributed by atoms with E-state index in [4.69, 9.17) is 11.5 Å². The molecule has 5 nitrogen and oxygen atoms in total. The highest BCUT2D eigenvalue weighted by molar-refractivity contribution is 5.74. The Hall–Kier alpha value is -2.48. The van der Waals surface area contributed by atoms with Gasteiger partial charge in [0.1, 0.15) is 0 Å². The number of carbonyl (C=O) groups excluding carboxylic acids is 1. The zero-order valence-electron chi connectivity index (χ0n) is 10.5. The van der Waals surface area contributed by atoms with E-state index in [1.54, 1.807) is 0 Å². The van der Waals surface area contributed by atoms with Gasteiger partial charge >= 0.3 is 12.0 Å². The van der Waals surface area contributed by atoms with E-state index in [1.807, 2.05) is 24.3 Å². The second-order valence-electron chi connectivity index (χ2n) is 3.95. The van der Waals surface area contributed by atoms with Gasteiger partial charge in [0.05, 0.1) is 0 Å². The van der Waals surface area contributed by atoms with Crippen molar-refractivity contribution in [3.63, 3.8) is 0 Å². The van der Waals surface area contributed by atoms with Crippen molar-refractivity contribution in [3.8, 4) is 12.3 Å². The Morgan fingerprint density at radius 1 is 1.32 bits per heavy atom. The molecule has 0 atom stereocenters. The Morgan fingerprint density at radius 3 is 2.79 bits per heavy atom. The number of carboxylic acid groups (broad SMARTS) is 1. The van der Waals surface area contributed by atoms with Gasteiger partial charge in [0, 0.05) is 25.1 Å². The van der Waals surface area contributed by atoms with Crippen LogP contribution in [0.15, 0.2) is 24.3 Å². The van der Waals surface area contributed by atoms with Gasteiger partial charge in [0.25, 0.3) is 0 Å². The molecule has 1 aromatic carbocycles. The minimum atomic E-state index is -0.867. The maximum Gasteiger partial charge on any atom is 0.315 e. The molecule has 19 heavy (non-hydrogen) atoms. The molecule has 0 spiro atoms. The summed E-state index contributed by atoms with van der Waals surface area (Å²) in [5, 5.41) is 13.7. The fraction of sp³-hybridized carbons (Fsp3) is 0.286. The molecule has 0 aliphatic heterocycles. The minimum Gasteiger partial charge on any atom is -0.481 e. The van der Waals surface area contributed by atoms with Crippen molar-refractivity contribution in [2.45, 2.75) is 19.4 Å². The van der Waals surface area contributed by atoms with Crippen LogP contribution in [0.4, 0.5) is 4.79 Å². The van der Waals surface area contributed by atoms with Crippen LogP contribution in [0.5, 0.6) is 0 Å². The van der Waals surface area contributed by atoms with Gasteiger partial charge in [-0.25, -0.2) is 4.79 Å². The van der Waals surface area contributed by atoms with Crippen molar-refractivity contribution in [1.82, 2.24) is 10.6 Å². The SMILES string of the molecule is C#Cc1cccc(CNC(=O)NCCCC(=O)O)c1. The van der Waals surface area contributed by atoms with Crippen LogP contribution in [-0.4, -0.2) is 23.7 Å². The molecule has 0 bridgehead atoms. The minimum absolute atomic E-state index is 0.0461. The molecule has 2 amide bonds. The molecular weight excluding hydrogens is 244 g/mol. The third-order valence-electron chi connectivity index (χ3n) is 2.40. The molecular formula is C14H16N2O3. The first-order valence-corrected chi connectivity index (χ1v) is 5.91. The lowest BCUT2D eigenvalue weighted by Gasteiger charge is -2.07. The largest absolute Gasteiger partial charge is 0.481 e. The molecule has 5 heteroatoms. The van der Waals surface area contributed by atoms with Crippen LogP contribution < -0.4 is 10.6 Å². The standard InChI is InChI=1S/C14H16N2O3/c1-2-11-5-3-6-12(9-11)10-16-14(19)15-8-4-7-13(17)18/h1,3,5-6,9H,4,7-8,10H2,(H,17,18)(H2,15,16,19). The summed E-state index contributed by atoms with van der Waals surface area (Å²) in [7, 11) is 0. The van der Waals surface area contributed by atoms with Crippen LogP contribution in [0.3, 0.4) is 0 Å². The number of benzene rings is 1. The summed E-state index contributed by atoms with van der Waals surface area (Å²) >= 11 is 0. The van der Waals surface area contributed by atoms with E-state index in [0.717, 1.165) is 11.1 Å². The van der Waals surface area contributed by atoms with Crippen molar-refractivity contribution in [2.75, 3.05) is 6.54 Å². The molecule has 0 heterocycles. The van der Waals surface area contributed by atoms with Crippen molar-refractivity contribution < 1.29 is 14.7 Å². The number of hydrogen-bond acceptors (Lipinski definition) is 2. The van der Waals surface area contributed by atoms with Gasteiger partial charge in [-0.2, -0.15) is 0 Å². The number of rotatable bonds is 6. The topological polar surface area (TPSA) is 78.4 Å². The van der Waals surface area contributed by atoms with E-state index >= 15 is 0 Å². The summed E-state index contributed by atoms with van der Waals surface area (Å²) in [4.78, 5) is 21.7. The maximum atomic E-state index is 11.4. The van der Waals surface area contributed by atoms with Crippen molar-refractivity contribution >= 4 is 12.0 Å². The predicted octanol–water partition coefficient (Wildman–Crippen LogP) is 1.33. The molecule has 1 rings (SSSR count). The fourth-order valence-electron chi connectivity index (χ4n) is 1.46. The molecule has 0 saturated heterocycles. The van der Waals surface area contributed by atoms with Gasteiger partial charge in [0.15, 0.2) is 0 Å². The lowest BCUT2D eigenvalue weighted by Crippen LogP contribution is -2.35. The average Bonchev–Trinajstić information content (AvgIpc) is 2.41. The normalized spacial score (nSPS) is 9.42. The van der Waals surface area contributed by atoms with Crippen LogP contribution in [0.2, 0.25) is 0 Å². The first kappa shape index (κ1) is 14.6. The van der Waals surface area contributed by atoms with Crippen molar-refractivity contribution in [1.29, 1.82) is 0 Å². The molecule has 0 fully saturated rings. The Labute approximate surface area is 112 Å². The number of aliphatic carboxylic acids is 1. The zero-order valence-corrected chi connectivity index (χ0v) is 10.5. The smallest absolute Gasteiger partial charge is 0.315 e. The highest BCUT2D eigenvalue weighted by atomic mass is 16.4. The molecule has 0 unspecified atom stereocenters. The van der Waals surface area contributed by atoms with Gasteiger partial charge in [0.2, 0.25) is 0 Å². The quantitative estimate of drug-likeness (QED) is 0.533. The number of hydrogen-bond donors (Lipinski definition) is 3. The van der Waals surface area contributed by atoms with Gasteiger partial charge in [-0.15, -0.1) is 6.42 Å². The number of terminal acetylenes is 1. The Bertz CT molecular complexity index is 492. The zero-order chi connectivity index (χ0) is 14.1. The van der Waals surface area contributed by atoms with E-state index in [-0.39, 0.29) is 12.5 Å². The summed E-state index contributed by atoms with van der Waals surface area (Å²) in [6, 6.07) is 7.01. The predicted molar refractivity (Wildman–Crippen MR) is 71.5 cm³/mol. The van der Waals surface area contributed by atoms with Gasteiger partial charge in [-0.3, -0.25) is 4.79 Å². The van der Waals surface area contributed by atoms with E-state index in [1.165, 1.54) is 0 Å². The molecule has 0 saturated carbocycles. The van der Waals surface area contributed by atoms with Crippen LogP contribution in [-0.2, 0) is 11.3 Å². The van der Waals surface area contributed by atoms with Gasteiger partial charge < -0.3 is 15.7 Å². The Morgan fingerprint density at radius 2 is 2.11 bits per heavy atom. The molecule has 0 radical (unpaired) electrons. The summed E-state index contributed by atoms with van der Waals surface area (Å²) in [6.45, 7) is 0.711. The fourth-order valence-corrected chi connectivity index (χ4v) is 1.46. The number of urea groups is 1. The second-order valence-corrected chi connectivity index (χ2v) is 3.95. The number of amides is 2. The third kappa shape index (κ3) is 6.13. The van der Waals surface area contributed by atoms with Crippen molar-refractivity contribution in [2.24, 2.45) is 0 Å². The maximum absolute atomic E-state index is 11.4. The molecule has 3 N–H and O–H groups in total. The van der Waals surface area contributed by atoms with E-state index in [2.05, 4.69) is 16.6 Å². The monoisotopic (exact) mass is 260 g/mol. The third-order valence-corrected chi connectivity index (χ3v) is 2.40.